The number of aromatic nitrogens is 1. The van der Waals surface area contributed by atoms with Gasteiger partial charge < -0.3 is 10.1 Å². The van der Waals surface area contributed by atoms with E-state index in [-0.39, 0.29) is 0 Å². The minimum atomic E-state index is 0.364. The topological polar surface area (TPSA) is 34.2 Å². The van der Waals surface area contributed by atoms with Crippen molar-refractivity contribution in [1.29, 1.82) is 0 Å². The molecule has 0 saturated heterocycles. The quantitative estimate of drug-likeness (QED) is 0.850. The van der Waals surface area contributed by atoms with Crippen LogP contribution in [0.5, 0.6) is 5.75 Å². The molecule has 0 aromatic carbocycles. The number of nitrogens with one attached hydrogen (secondary N) is 1. The zero-order valence-electron chi connectivity index (χ0n) is 10.1. The fraction of sp³-hybridized carbons (Fsp3) is 0.615. The highest BCUT2D eigenvalue weighted by atomic mass is 16.5. The first kappa shape index (κ1) is 11.2. The van der Waals surface area contributed by atoms with Crippen LogP contribution in [0.3, 0.4) is 0 Å². The molecule has 1 aromatic rings. The van der Waals surface area contributed by atoms with Crippen LogP contribution >= 0.6 is 0 Å². The Bertz CT molecular complexity index is 340. The van der Waals surface area contributed by atoms with Gasteiger partial charge in [0.05, 0.1) is 18.1 Å². The van der Waals surface area contributed by atoms with Gasteiger partial charge in [0.25, 0.3) is 0 Å². The Hall–Kier alpha value is -1.25. The number of ether oxygens (including phenoxy) is 1. The Labute approximate surface area is 97.2 Å². The van der Waals surface area contributed by atoms with Crippen LogP contribution in [-0.4, -0.2) is 18.1 Å². The van der Waals surface area contributed by atoms with E-state index in [2.05, 4.69) is 17.2 Å². The van der Waals surface area contributed by atoms with Crippen LogP contribution in [0.2, 0.25) is 0 Å². The molecule has 1 aromatic heterocycles. The van der Waals surface area contributed by atoms with Gasteiger partial charge >= 0.3 is 0 Å². The molecule has 1 heterocycles. The number of nitrogens with zero attached hydrogens (tertiary/aromatic N) is 1. The predicted molar refractivity (Wildman–Crippen MR) is 65.8 cm³/mol. The minimum absolute atomic E-state index is 0.364. The average molecular weight is 220 g/mol. The highest BCUT2D eigenvalue weighted by molar-refractivity contribution is 5.44. The second-order valence-corrected chi connectivity index (χ2v) is 4.58. The maximum absolute atomic E-state index is 6.01. The monoisotopic (exact) mass is 220 g/mol. The molecule has 0 aliphatic heterocycles. The highest BCUT2D eigenvalue weighted by Crippen LogP contribution is 2.28. The predicted octanol–water partition coefficient (Wildman–Crippen LogP) is 3.08. The third-order valence-electron chi connectivity index (χ3n) is 3.32. The van der Waals surface area contributed by atoms with Crippen molar-refractivity contribution in [3.8, 4) is 5.75 Å². The molecular weight excluding hydrogens is 200 g/mol. The van der Waals surface area contributed by atoms with Crippen LogP contribution in [0.15, 0.2) is 18.5 Å². The number of hydrogen-bond acceptors (Lipinski definition) is 3. The average Bonchev–Trinajstić information content (AvgIpc) is 2.32. The molecular formula is C13H20N2O. The van der Waals surface area contributed by atoms with Gasteiger partial charge in [0.15, 0.2) is 0 Å². The van der Waals surface area contributed by atoms with Gasteiger partial charge in [-0.15, -0.1) is 0 Å². The van der Waals surface area contributed by atoms with Crippen molar-refractivity contribution in [2.45, 2.75) is 38.7 Å². The number of hydrogen-bond donors (Lipinski definition) is 1. The van der Waals surface area contributed by atoms with Crippen LogP contribution in [0.4, 0.5) is 5.69 Å². The molecule has 1 fully saturated rings. The van der Waals surface area contributed by atoms with Crippen LogP contribution < -0.4 is 10.1 Å². The van der Waals surface area contributed by atoms with Gasteiger partial charge in [-0.05, 0) is 25.2 Å². The van der Waals surface area contributed by atoms with Crippen molar-refractivity contribution in [1.82, 2.24) is 4.98 Å². The Morgan fingerprint density at radius 2 is 2.12 bits per heavy atom. The summed E-state index contributed by atoms with van der Waals surface area (Å²) in [6, 6.07) is 2.01. The third kappa shape index (κ3) is 2.65. The summed E-state index contributed by atoms with van der Waals surface area (Å²) < 4.78 is 6.01. The lowest BCUT2D eigenvalue weighted by molar-refractivity contribution is 0.102. The molecule has 0 bridgehead atoms. The van der Waals surface area contributed by atoms with E-state index >= 15 is 0 Å². The standard InChI is InChI=1S/C13H20N2O/c1-10-5-3-4-6-13(10)16-12-7-11(14-2)8-15-9-12/h7-10,13-14H,3-6H2,1-2H3. The summed E-state index contributed by atoms with van der Waals surface area (Å²) >= 11 is 0. The fourth-order valence-electron chi connectivity index (χ4n) is 2.25. The van der Waals surface area contributed by atoms with Gasteiger partial charge in [-0.25, -0.2) is 0 Å². The van der Waals surface area contributed by atoms with Crippen molar-refractivity contribution in [3.05, 3.63) is 18.5 Å². The molecule has 0 spiro atoms. The van der Waals surface area contributed by atoms with E-state index in [1.807, 2.05) is 13.1 Å². The number of anilines is 1. The molecule has 16 heavy (non-hydrogen) atoms. The molecule has 1 aliphatic rings. The first-order chi connectivity index (χ1) is 7.79. The van der Waals surface area contributed by atoms with Crippen LogP contribution in [-0.2, 0) is 0 Å². The first-order valence-electron chi connectivity index (χ1n) is 6.09. The van der Waals surface area contributed by atoms with Crippen LogP contribution in [0.25, 0.3) is 0 Å². The summed E-state index contributed by atoms with van der Waals surface area (Å²) in [4.78, 5) is 4.16. The molecule has 1 aliphatic carbocycles. The van der Waals surface area contributed by atoms with Crippen molar-refractivity contribution in [3.63, 3.8) is 0 Å². The zero-order valence-corrected chi connectivity index (χ0v) is 10.1. The van der Waals surface area contributed by atoms with Crippen LogP contribution in [0.1, 0.15) is 32.6 Å². The first-order valence-corrected chi connectivity index (χ1v) is 6.09. The Morgan fingerprint density at radius 3 is 2.88 bits per heavy atom. The SMILES string of the molecule is CNc1cncc(OC2CCCCC2C)c1. The lowest BCUT2D eigenvalue weighted by Gasteiger charge is -2.29. The smallest absolute Gasteiger partial charge is 0.140 e. The van der Waals surface area contributed by atoms with E-state index in [1.165, 1.54) is 25.7 Å². The molecule has 2 rings (SSSR count). The lowest BCUT2D eigenvalue weighted by atomic mass is 9.88. The van der Waals surface area contributed by atoms with E-state index in [4.69, 9.17) is 4.74 Å². The molecule has 2 atom stereocenters. The third-order valence-corrected chi connectivity index (χ3v) is 3.32. The molecule has 0 amide bonds. The Balaban J connectivity index is 2.01. The maximum Gasteiger partial charge on any atom is 0.140 e. The number of pyridine rings is 1. The van der Waals surface area contributed by atoms with Gasteiger partial charge in [-0.1, -0.05) is 13.3 Å². The van der Waals surface area contributed by atoms with E-state index < -0.39 is 0 Å². The second kappa shape index (κ2) is 5.19. The van der Waals surface area contributed by atoms with Crippen molar-refractivity contribution < 1.29 is 4.74 Å². The zero-order chi connectivity index (χ0) is 11.4. The molecule has 3 nitrogen and oxygen atoms in total. The minimum Gasteiger partial charge on any atom is -0.488 e. The van der Waals surface area contributed by atoms with Gasteiger partial charge in [0.1, 0.15) is 11.9 Å². The van der Waals surface area contributed by atoms with Gasteiger partial charge in [0, 0.05) is 13.1 Å². The van der Waals surface area contributed by atoms with E-state index in [0.29, 0.717) is 12.0 Å². The second-order valence-electron chi connectivity index (χ2n) is 4.58. The summed E-state index contributed by atoms with van der Waals surface area (Å²) in [5, 5.41) is 3.07. The van der Waals surface area contributed by atoms with E-state index in [9.17, 15) is 0 Å². The van der Waals surface area contributed by atoms with Gasteiger partial charge in [-0.2, -0.15) is 0 Å². The summed E-state index contributed by atoms with van der Waals surface area (Å²) in [7, 11) is 1.89. The fourth-order valence-corrected chi connectivity index (χ4v) is 2.25. The maximum atomic E-state index is 6.01. The van der Waals surface area contributed by atoms with Crippen molar-refractivity contribution >= 4 is 5.69 Å². The van der Waals surface area contributed by atoms with E-state index in [1.54, 1.807) is 12.4 Å². The molecule has 2 unspecified atom stereocenters. The van der Waals surface area contributed by atoms with Gasteiger partial charge in [-0.3, -0.25) is 4.98 Å². The molecule has 1 N–H and O–H groups in total. The largest absolute Gasteiger partial charge is 0.488 e. The normalized spacial score (nSPS) is 25.1. The van der Waals surface area contributed by atoms with E-state index in [0.717, 1.165) is 11.4 Å². The molecule has 3 heteroatoms. The summed E-state index contributed by atoms with van der Waals surface area (Å²) in [6.07, 6.45) is 9.04. The lowest BCUT2D eigenvalue weighted by Crippen LogP contribution is -2.28. The highest BCUT2D eigenvalue weighted by Gasteiger charge is 2.22. The number of rotatable bonds is 3. The van der Waals surface area contributed by atoms with Gasteiger partial charge in [0.2, 0.25) is 0 Å². The van der Waals surface area contributed by atoms with Crippen molar-refractivity contribution in [2.75, 3.05) is 12.4 Å². The summed E-state index contributed by atoms with van der Waals surface area (Å²) in [5.41, 5.74) is 1.00. The van der Waals surface area contributed by atoms with Crippen molar-refractivity contribution in [2.24, 2.45) is 5.92 Å². The molecule has 1 saturated carbocycles. The Kier molecular flexibility index (Phi) is 3.65. The van der Waals surface area contributed by atoms with Crippen LogP contribution in [0, 0.1) is 5.92 Å². The summed E-state index contributed by atoms with van der Waals surface area (Å²) in [6.45, 7) is 2.28. The Morgan fingerprint density at radius 1 is 1.31 bits per heavy atom. The summed E-state index contributed by atoms with van der Waals surface area (Å²) in [5.74, 6) is 1.54. The molecule has 88 valence electrons. The molecule has 0 radical (unpaired) electrons.